The van der Waals surface area contributed by atoms with Crippen molar-refractivity contribution in [2.24, 2.45) is 7.05 Å². The molecule has 4 rings (SSSR count). The van der Waals surface area contributed by atoms with Crippen molar-refractivity contribution in [1.29, 1.82) is 0 Å². The number of rotatable bonds is 5. The van der Waals surface area contributed by atoms with E-state index in [2.05, 4.69) is 10.6 Å². The van der Waals surface area contributed by atoms with Gasteiger partial charge in [-0.05, 0) is 37.4 Å². The van der Waals surface area contributed by atoms with Crippen molar-refractivity contribution >= 4 is 28.1 Å². The molecule has 0 saturated heterocycles. The standard InChI is InChI=1S/C24H24N4O2/c1-16(23(29)26-21-15-9-11-18-10-7-8-14-20(18)21)25-22-17(2)27(3)28(24(22)30)19-12-5-4-6-13-19/h4-16,25H,1-3H3,(H,26,29). The normalized spacial score (nSPS) is 12.0. The number of nitrogens with zero attached hydrogens (tertiary/aromatic N) is 2. The molecule has 0 spiro atoms. The number of fused-ring (bicyclic) bond motifs is 1. The van der Waals surface area contributed by atoms with Crippen molar-refractivity contribution in [3.8, 4) is 5.69 Å². The first-order valence-corrected chi connectivity index (χ1v) is 9.86. The van der Waals surface area contributed by atoms with E-state index in [0.717, 1.165) is 27.8 Å². The maximum absolute atomic E-state index is 13.1. The van der Waals surface area contributed by atoms with E-state index in [1.807, 2.05) is 86.8 Å². The highest BCUT2D eigenvalue weighted by atomic mass is 16.2. The molecule has 6 nitrogen and oxygen atoms in total. The van der Waals surface area contributed by atoms with Crippen LogP contribution in [0.1, 0.15) is 12.6 Å². The lowest BCUT2D eigenvalue weighted by atomic mass is 10.1. The lowest BCUT2D eigenvalue weighted by Crippen LogP contribution is -2.34. The largest absolute Gasteiger partial charge is 0.368 e. The van der Waals surface area contributed by atoms with E-state index in [1.54, 1.807) is 16.3 Å². The monoisotopic (exact) mass is 400 g/mol. The van der Waals surface area contributed by atoms with Gasteiger partial charge >= 0.3 is 0 Å². The molecule has 152 valence electrons. The van der Waals surface area contributed by atoms with Gasteiger partial charge in [0, 0.05) is 18.1 Å². The van der Waals surface area contributed by atoms with E-state index >= 15 is 0 Å². The van der Waals surface area contributed by atoms with E-state index < -0.39 is 6.04 Å². The van der Waals surface area contributed by atoms with Crippen LogP contribution in [0.25, 0.3) is 16.5 Å². The molecule has 30 heavy (non-hydrogen) atoms. The number of hydrogen-bond donors (Lipinski definition) is 2. The molecule has 1 amide bonds. The third kappa shape index (κ3) is 3.48. The minimum Gasteiger partial charge on any atom is -0.368 e. The van der Waals surface area contributed by atoms with Crippen LogP contribution >= 0.6 is 0 Å². The third-order valence-corrected chi connectivity index (χ3v) is 5.36. The predicted octanol–water partition coefficient (Wildman–Crippen LogP) is 4.08. The van der Waals surface area contributed by atoms with Gasteiger partial charge in [-0.1, -0.05) is 54.6 Å². The maximum Gasteiger partial charge on any atom is 0.295 e. The van der Waals surface area contributed by atoms with Crippen LogP contribution < -0.4 is 16.2 Å². The lowest BCUT2D eigenvalue weighted by molar-refractivity contribution is -0.116. The molecule has 0 aliphatic carbocycles. The first-order chi connectivity index (χ1) is 14.5. The summed E-state index contributed by atoms with van der Waals surface area (Å²) in [7, 11) is 1.83. The summed E-state index contributed by atoms with van der Waals surface area (Å²) in [6.45, 7) is 3.61. The first kappa shape index (κ1) is 19.5. The van der Waals surface area contributed by atoms with Gasteiger partial charge in [0.25, 0.3) is 5.56 Å². The zero-order valence-electron chi connectivity index (χ0n) is 17.2. The lowest BCUT2D eigenvalue weighted by Gasteiger charge is -2.15. The van der Waals surface area contributed by atoms with Gasteiger partial charge in [0.15, 0.2) is 0 Å². The predicted molar refractivity (Wildman–Crippen MR) is 121 cm³/mol. The second-order valence-electron chi connectivity index (χ2n) is 7.32. The molecule has 4 aromatic rings. The molecule has 1 unspecified atom stereocenters. The summed E-state index contributed by atoms with van der Waals surface area (Å²) in [5.41, 5.74) is 2.51. The number of amides is 1. The Morgan fingerprint density at radius 3 is 2.37 bits per heavy atom. The average molecular weight is 400 g/mol. The topological polar surface area (TPSA) is 68.1 Å². The minimum absolute atomic E-state index is 0.189. The highest BCUT2D eigenvalue weighted by Gasteiger charge is 2.21. The highest BCUT2D eigenvalue weighted by Crippen LogP contribution is 2.23. The Labute approximate surface area is 174 Å². The molecule has 1 atom stereocenters. The minimum atomic E-state index is -0.595. The second kappa shape index (κ2) is 7.91. The van der Waals surface area contributed by atoms with Crippen LogP contribution in [0.3, 0.4) is 0 Å². The SMILES string of the molecule is Cc1c(NC(C)C(=O)Nc2cccc3ccccc23)c(=O)n(-c2ccccc2)n1C. The van der Waals surface area contributed by atoms with Crippen LogP contribution in [0.5, 0.6) is 0 Å². The van der Waals surface area contributed by atoms with E-state index in [-0.39, 0.29) is 11.5 Å². The molecule has 0 bridgehead atoms. The molecular formula is C24H24N4O2. The first-order valence-electron chi connectivity index (χ1n) is 9.86. The Morgan fingerprint density at radius 2 is 1.60 bits per heavy atom. The van der Waals surface area contributed by atoms with Crippen molar-refractivity contribution in [3.05, 3.63) is 88.8 Å². The number of anilines is 2. The summed E-state index contributed by atoms with van der Waals surface area (Å²) < 4.78 is 3.38. The quantitative estimate of drug-likeness (QED) is 0.530. The van der Waals surface area contributed by atoms with Crippen LogP contribution in [0.15, 0.2) is 77.6 Å². The zero-order valence-corrected chi connectivity index (χ0v) is 17.2. The van der Waals surface area contributed by atoms with Gasteiger partial charge in [0.2, 0.25) is 5.91 Å². The van der Waals surface area contributed by atoms with E-state index in [4.69, 9.17) is 0 Å². The van der Waals surface area contributed by atoms with Crippen molar-refractivity contribution in [2.75, 3.05) is 10.6 Å². The maximum atomic E-state index is 13.1. The highest BCUT2D eigenvalue weighted by molar-refractivity contribution is 6.04. The molecule has 3 aromatic carbocycles. The van der Waals surface area contributed by atoms with Crippen LogP contribution in [0, 0.1) is 6.92 Å². The number of carbonyl (C=O) groups is 1. The molecule has 0 aliphatic heterocycles. The van der Waals surface area contributed by atoms with E-state index in [9.17, 15) is 9.59 Å². The average Bonchev–Trinajstić information content (AvgIpc) is 2.97. The van der Waals surface area contributed by atoms with Crippen LogP contribution in [0.2, 0.25) is 0 Å². The number of carbonyl (C=O) groups excluding carboxylic acids is 1. The number of para-hydroxylation sites is 1. The fraction of sp³-hybridized carbons (Fsp3) is 0.167. The Kier molecular flexibility index (Phi) is 5.14. The van der Waals surface area contributed by atoms with Gasteiger partial charge in [-0.15, -0.1) is 0 Å². The fourth-order valence-corrected chi connectivity index (χ4v) is 3.59. The summed E-state index contributed by atoms with van der Waals surface area (Å²) in [6, 6.07) is 22.5. The van der Waals surface area contributed by atoms with Gasteiger partial charge in [-0.2, -0.15) is 0 Å². The van der Waals surface area contributed by atoms with Gasteiger partial charge < -0.3 is 10.6 Å². The van der Waals surface area contributed by atoms with Gasteiger partial charge in [0.05, 0.1) is 11.4 Å². The van der Waals surface area contributed by atoms with E-state index in [0.29, 0.717) is 5.69 Å². The molecule has 6 heteroatoms. The Balaban J connectivity index is 1.59. The smallest absolute Gasteiger partial charge is 0.295 e. The van der Waals surface area contributed by atoms with Gasteiger partial charge in [0.1, 0.15) is 11.7 Å². The van der Waals surface area contributed by atoms with Gasteiger partial charge in [-0.3, -0.25) is 14.3 Å². The van der Waals surface area contributed by atoms with Crippen LogP contribution in [-0.2, 0) is 11.8 Å². The van der Waals surface area contributed by atoms with Crippen molar-refractivity contribution in [2.45, 2.75) is 19.9 Å². The molecule has 1 aromatic heterocycles. The molecule has 0 aliphatic rings. The number of aromatic nitrogens is 2. The molecular weight excluding hydrogens is 376 g/mol. The molecule has 2 N–H and O–H groups in total. The molecule has 0 radical (unpaired) electrons. The number of nitrogens with one attached hydrogen (secondary N) is 2. The molecule has 1 heterocycles. The summed E-state index contributed by atoms with van der Waals surface area (Å²) in [5.74, 6) is -0.208. The Hall–Kier alpha value is -3.80. The fourth-order valence-electron chi connectivity index (χ4n) is 3.59. The number of benzene rings is 3. The van der Waals surface area contributed by atoms with Crippen molar-refractivity contribution < 1.29 is 4.79 Å². The Bertz CT molecular complexity index is 1270. The van der Waals surface area contributed by atoms with Crippen LogP contribution in [0.4, 0.5) is 11.4 Å². The van der Waals surface area contributed by atoms with Crippen molar-refractivity contribution in [1.82, 2.24) is 9.36 Å². The summed E-state index contributed by atoms with van der Waals surface area (Å²) in [6.07, 6.45) is 0. The molecule has 0 fully saturated rings. The zero-order chi connectivity index (χ0) is 21.3. The molecule has 0 saturated carbocycles. The third-order valence-electron chi connectivity index (χ3n) is 5.36. The number of hydrogen-bond acceptors (Lipinski definition) is 3. The van der Waals surface area contributed by atoms with Crippen LogP contribution in [-0.4, -0.2) is 21.3 Å². The van der Waals surface area contributed by atoms with E-state index in [1.165, 1.54) is 0 Å². The summed E-state index contributed by atoms with van der Waals surface area (Å²) >= 11 is 0. The summed E-state index contributed by atoms with van der Waals surface area (Å²) in [5, 5.41) is 8.12. The Morgan fingerprint density at radius 1 is 0.933 bits per heavy atom. The van der Waals surface area contributed by atoms with Gasteiger partial charge in [-0.25, -0.2) is 4.68 Å². The second-order valence-corrected chi connectivity index (χ2v) is 7.32. The summed E-state index contributed by atoms with van der Waals surface area (Å²) in [4.78, 5) is 25.9. The van der Waals surface area contributed by atoms with Crippen molar-refractivity contribution in [3.63, 3.8) is 0 Å².